The molecule has 1 saturated heterocycles. The second-order valence-corrected chi connectivity index (χ2v) is 3.95. The highest BCUT2D eigenvalue weighted by atomic mass is 16.5. The van der Waals surface area contributed by atoms with Crippen LogP contribution in [0.25, 0.3) is 0 Å². The van der Waals surface area contributed by atoms with Crippen molar-refractivity contribution in [2.45, 2.75) is 19.0 Å². The maximum absolute atomic E-state index is 5.86. The van der Waals surface area contributed by atoms with Crippen molar-refractivity contribution in [2.24, 2.45) is 5.73 Å². The average Bonchev–Trinajstić information content (AvgIpc) is 2.83. The predicted octanol–water partition coefficient (Wildman–Crippen LogP) is 0.0669. The van der Waals surface area contributed by atoms with E-state index in [2.05, 4.69) is 16.2 Å². The number of methoxy groups -OCH3 is 1. The summed E-state index contributed by atoms with van der Waals surface area (Å²) in [5, 5.41) is 4.28. The first-order valence-corrected chi connectivity index (χ1v) is 5.31. The molecule has 1 atom stereocenters. The van der Waals surface area contributed by atoms with Crippen molar-refractivity contribution >= 4 is 5.69 Å². The first kappa shape index (κ1) is 10.4. The molecule has 0 amide bonds. The van der Waals surface area contributed by atoms with Gasteiger partial charge < -0.3 is 15.4 Å². The molecule has 0 spiro atoms. The van der Waals surface area contributed by atoms with Gasteiger partial charge in [0.15, 0.2) is 0 Å². The van der Waals surface area contributed by atoms with E-state index < -0.39 is 0 Å². The van der Waals surface area contributed by atoms with Crippen molar-refractivity contribution in [1.29, 1.82) is 0 Å². The molecule has 0 aliphatic carbocycles. The van der Waals surface area contributed by atoms with E-state index in [0.29, 0.717) is 12.6 Å². The molecule has 1 aliphatic heterocycles. The molecule has 0 aromatic carbocycles. The molecule has 0 saturated carbocycles. The second kappa shape index (κ2) is 4.63. The molecule has 2 N–H and O–H groups in total. The van der Waals surface area contributed by atoms with E-state index in [1.807, 2.05) is 10.9 Å². The molecular weight excluding hydrogens is 192 g/mol. The molecule has 1 fully saturated rings. The molecule has 1 aromatic heterocycles. The van der Waals surface area contributed by atoms with Crippen LogP contribution in [0, 0.1) is 0 Å². The third kappa shape index (κ3) is 2.49. The molecule has 2 rings (SSSR count). The van der Waals surface area contributed by atoms with E-state index in [0.717, 1.165) is 26.1 Å². The van der Waals surface area contributed by atoms with Crippen LogP contribution in [0.5, 0.6) is 0 Å². The van der Waals surface area contributed by atoms with Gasteiger partial charge in [-0.15, -0.1) is 0 Å². The fourth-order valence-corrected chi connectivity index (χ4v) is 1.84. The highest BCUT2D eigenvalue weighted by Gasteiger charge is 2.20. The molecule has 1 aliphatic rings. The van der Waals surface area contributed by atoms with Crippen molar-refractivity contribution in [2.75, 3.05) is 31.7 Å². The van der Waals surface area contributed by atoms with Gasteiger partial charge in [-0.1, -0.05) is 0 Å². The molecule has 1 unspecified atom stereocenters. The standard InChI is InChI=1S/C10H18N4O/c1-15-5-4-14-8-10(6-12-14)13-3-2-9(11)7-13/h6,8-9H,2-5,7,11H2,1H3. The molecule has 5 nitrogen and oxygen atoms in total. The van der Waals surface area contributed by atoms with Crippen LogP contribution in [0.2, 0.25) is 0 Å². The van der Waals surface area contributed by atoms with E-state index in [1.54, 1.807) is 7.11 Å². The summed E-state index contributed by atoms with van der Waals surface area (Å²) in [6.07, 6.45) is 5.02. The first-order chi connectivity index (χ1) is 7.29. The number of anilines is 1. The van der Waals surface area contributed by atoms with Crippen LogP contribution in [-0.4, -0.2) is 42.6 Å². The molecule has 15 heavy (non-hydrogen) atoms. The minimum absolute atomic E-state index is 0.312. The molecule has 84 valence electrons. The van der Waals surface area contributed by atoms with Crippen LogP contribution in [-0.2, 0) is 11.3 Å². The Bertz CT molecular complexity index is 312. The molecule has 0 bridgehead atoms. The van der Waals surface area contributed by atoms with E-state index in [9.17, 15) is 0 Å². The zero-order chi connectivity index (χ0) is 10.7. The minimum atomic E-state index is 0.312. The summed E-state index contributed by atoms with van der Waals surface area (Å²) in [7, 11) is 1.70. The Hall–Kier alpha value is -1.07. The average molecular weight is 210 g/mol. The Kier molecular flexibility index (Phi) is 3.23. The third-order valence-electron chi connectivity index (χ3n) is 2.73. The van der Waals surface area contributed by atoms with Gasteiger partial charge in [0.1, 0.15) is 0 Å². The lowest BCUT2D eigenvalue weighted by atomic mass is 10.3. The zero-order valence-electron chi connectivity index (χ0n) is 9.09. The summed E-state index contributed by atoms with van der Waals surface area (Å²) in [4.78, 5) is 2.28. The van der Waals surface area contributed by atoms with Gasteiger partial charge in [0, 0.05) is 32.4 Å². The third-order valence-corrected chi connectivity index (χ3v) is 2.73. The number of nitrogens with zero attached hydrogens (tertiary/aromatic N) is 3. The van der Waals surface area contributed by atoms with Crippen LogP contribution in [0.1, 0.15) is 6.42 Å². The molecule has 0 radical (unpaired) electrons. The van der Waals surface area contributed by atoms with E-state index in [-0.39, 0.29) is 0 Å². The van der Waals surface area contributed by atoms with Crippen molar-refractivity contribution in [3.05, 3.63) is 12.4 Å². The van der Waals surface area contributed by atoms with Crippen LogP contribution < -0.4 is 10.6 Å². The van der Waals surface area contributed by atoms with E-state index in [4.69, 9.17) is 10.5 Å². The summed E-state index contributed by atoms with van der Waals surface area (Å²) >= 11 is 0. The van der Waals surface area contributed by atoms with E-state index in [1.165, 1.54) is 5.69 Å². The summed E-state index contributed by atoms with van der Waals surface area (Å²) in [6.45, 7) is 3.48. The van der Waals surface area contributed by atoms with Gasteiger partial charge in [-0.25, -0.2) is 0 Å². The van der Waals surface area contributed by atoms with E-state index >= 15 is 0 Å². The van der Waals surface area contributed by atoms with Gasteiger partial charge in [-0.05, 0) is 6.42 Å². The van der Waals surface area contributed by atoms with Gasteiger partial charge in [-0.2, -0.15) is 5.10 Å². The van der Waals surface area contributed by atoms with Gasteiger partial charge in [-0.3, -0.25) is 4.68 Å². The maximum atomic E-state index is 5.86. The largest absolute Gasteiger partial charge is 0.383 e. The normalized spacial score (nSPS) is 21.2. The zero-order valence-corrected chi connectivity index (χ0v) is 9.09. The Balaban J connectivity index is 1.94. The van der Waals surface area contributed by atoms with Crippen molar-refractivity contribution in [3.63, 3.8) is 0 Å². The summed E-state index contributed by atoms with van der Waals surface area (Å²) in [5.41, 5.74) is 7.03. The lowest BCUT2D eigenvalue weighted by molar-refractivity contribution is 0.183. The topological polar surface area (TPSA) is 56.3 Å². The number of nitrogens with two attached hydrogens (primary N) is 1. The lowest BCUT2D eigenvalue weighted by Crippen LogP contribution is -2.25. The highest BCUT2D eigenvalue weighted by molar-refractivity contribution is 5.43. The fourth-order valence-electron chi connectivity index (χ4n) is 1.84. The Morgan fingerprint density at radius 1 is 1.67 bits per heavy atom. The summed E-state index contributed by atoms with van der Waals surface area (Å²) < 4.78 is 6.91. The number of ether oxygens (including phenoxy) is 1. The van der Waals surface area contributed by atoms with Gasteiger partial charge >= 0.3 is 0 Å². The van der Waals surface area contributed by atoms with Crippen LogP contribution in [0.3, 0.4) is 0 Å². The van der Waals surface area contributed by atoms with Crippen molar-refractivity contribution in [1.82, 2.24) is 9.78 Å². The number of hydrogen-bond donors (Lipinski definition) is 1. The van der Waals surface area contributed by atoms with Crippen molar-refractivity contribution in [3.8, 4) is 0 Å². The second-order valence-electron chi connectivity index (χ2n) is 3.95. The predicted molar refractivity (Wildman–Crippen MR) is 58.9 cm³/mol. The maximum Gasteiger partial charge on any atom is 0.0753 e. The molecule has 1 aromatic rings. The summed E-state index contributed by atoms with van der Waals surface area (Å²) in [6, 6.07) is 0.312. The smallest absolute Gasteiger partial charge is 0.0753 e. The van der Waals surface area contributed by atoms with Crippen LogP contribution in [0.15, 0.2) is 12.4 Å². The number of aromatic nitrogens is 2. The summed E-state index contributed by atoms with van der Waals surface area (Å²) in [5.74, 6) is 0. The van der Waals surface area contributed by atoms with Crippen LogP contribution in [0.4, 0.5) is 5.69 Å². The Morgan fingerprint density at radius 2 is 2.53 bits per heavy atom. The molecular formula is C10H18N4O. The lowest BCUT2D eigenvalue weighted by Gasteiger charge is -2.14. The Morgan fingerprint density at radius 3 is 3.20 bits per heavy atom. The van der Waals surface area contributed by atoms with Gasteiger partial charge in [0.2, 0.25) is 0 Å². The quantitative estimate of drug-likeness (QED) is 0.764. The fraction of sp³-hybridized carbons (Fsp3) is 0.700. The Labute approximate surface area is 89.8 Å². The SMILES string of the molecule is COCCn1cc(N2CCC(N)C2)cn1. The monoisotopic (exact) mass is 210 g/mol. The molecule has 2 heterocycles. The number of hydrogen-bond acceptors (Lipinski definition) is 4. The number of rotatable bonds is 4. The van der Waals surface area contributed by atoms with Crippen LogP contribution >= 0.6 is 0 Å². The molecule has 5 heteroatoms. The van der Waals surface area contributed by atoms with Gasteiger partial charge in [0.05, 0.1) is 25.0 Å². The minimum Gasteiger partial charge on any atom is -0.383 e. The first-order valence-electron chi connectivity index (χ1n) is 5.31. The van der Waals surface area contributed by atoms with Gasteiger partial charge in [0.25, 0.3) is 0 Å². The van der Waals surface area contributed by atoms with Crippen molar-refractivity contribution < 1.29 is 4.74 Å². The highest BCUT2D eigenvalue weighted by Crippen LogP contribution is 2.18.